The molecular weight excluding hydrogens is 283 g/mol. The van der Waals surface area contributed by atoms with E-state index < -0.39 is 0 Å². The van der Waals surface area contributed by atoms with Gasteiger partial charge in [-0.2, -0.15) is 0 Å². The molecule has 0 aliphatic rings. The first-order valence-corrected chi connectivity index (χ1v) is 6.61. The van der Waals surface area contributed by atoms with E-state index in [1.165, 1.54) is 6.07 Å². The third-order valence-electron chi connectivity index (χ3n) is 2.85. The van der Waals surface area contributed by atoms with Crippen LogP contribution in [-0.2, 0) is 13.1 Å². The molecule has 2 N–H and O–H groups in total. The van der Waals surface area contributed by atoms with Gasteiger partial charge >= 0.3 is 0 Å². The van der Waals surface area contributed by atoms with Crippen LogP contribution in [0.1, 0.15) is 16.8 Å². The molecule has 0 saturated heterocycles. The second-order valence-corrected chi connectivity index (χ2v) is 5.09. The number of halogens is 2. The normalized spacial score (nSPS) is 10.7. The third kappa shape index (κ3) is 3.60. The SMILES string of the molecule is Cc1ncccc1CNCc1cc(Cl)cc(Cl)c1O. The Bertz CT molecular complexity index is 588. The van der Waals surface area contributed by atoms with Crippen molar-refractivity contribution < 1.29 is 5.11 Å². The van der Waals surface area contributed by atoms with E-state index in [4.69, 9.17) is 23.2 Å². The van der Waals surface area contributed by atoms with Gasteiger partial charge in [0, 0.05) is 35.6 Å². The van der Waals surface area contributed by atoms with Gasteiger partial charge in [0.25, 0.3) is 0 Å². The van der Waals surface area contributed by atoms with E-state index in [2.05, 4.69) is 10.3 Å². The lowest BCUT2D eigenvalue weighted by atomic mass is 10.1. The molecule has 1 aromatic carbocycles. The molecule has 100 valence electrons. The van der Waals surface area contributed by atoms with Gasteiger partial charge in [-0.05, 0) is 30.7 Å². The number of nitrogens with one attached hydrogen (secondary N) is 1. The molecule has 0 amide bonds. The van der Waals surface area contributed by atoms with Gasteiger partial charge in [-0.25, -0.2) is 0 Å². The van der Waals surface area contributed by atoms with Crippen molar-refractivity contribution in [2.24, 2.45) is 0 Å². The molecule has 2 aromatic rings. The molecule has 0 saturated carbocycles. The first-order valence-electron chi connectivity index (χ1n) is 5.86. The highest BCUT2D eigenvalue weighted by Gasteiger charge is 2.07. The molecule has 1 heterocycles. The van der Waals surface area contributed by atoms with Crippen molar-refractivity contribution in [2.45, 2.75) is 20.0 Å². The smallest absolute Gasteiger partial charge is 0.138 e. The van der Waals surface area contributed by atoms with Crippen LogP contribution in [0.2, 0.25) is 10.0 Å². The van der Waals surface area contributed by atoms with Crippen LogP contribution in [0.4, 0.5) is 0 Å². The number of aromatic hydroxyl groups is 1. The van der Waals surface area contributed by atoms with Gasteiger partial charge in [-0.3, -0.25) is 4.98 Å². The van der Waals surface area contributed by atoms with Crippen LogP contribution in [0.25, 0.3) is 0 Å². The van der Waals surface area contributed by atoms with Crippen LogP contribution in [0, 0.1) is 6.92 Å². The summed E-state index contributed by atoms with van der Waals surface area (Å²) in [5.41, 5.74) is 2.79. The van der Waals surface area contributed by atoms with Crippen LogP contribution < -0.4 is 5.32 Å². The van der Waals surface area contributed by atoms with Crippen molar-refractivity contribution in [2.75, 3.05) is 0 Å². The van der Waals surface area contributed by atoms with Crippen molar-refractivity contribution in [3.05, 3.63) is 57.3 Å². The van der Waals surface area contributed by atoms with Gasteiger partial charge in [-0.15, -0.1) is 0 Å². The molecule has 0 fully saturated rings. The summed E-state index contributed by atoms with van der Waals surface area (Å²) in [6.07, 6.45) is 1.77. The Labute approximate surface area is 122 Å². The van der Waals surface area contributed by atoms with Gasteiger partial charge in [0.1, 0.15) is 5.75 Å². The lowest BCUT2D eigenvalue weighted by Gasteiger charge is -2.10. The van der Waals surface area contributed by atoms with Gasteiger partial charge < -0.3 is 10.4 Å². The average Bonchev–Trinajstić information content (AvgIpc) is 2.37. The van der Waals surface area contributed by atoms with Crippen LogP contribution in [0.15, 0.2) is 30.5 Å². The number of benzene rings is 1. The number of nitrogens with zero attached hydrogens (tertiary/aromatic N) is 1. The van der Waals surface area contributed by atoms with Crippen LogP contribution in [-0.4, -0.2) is 10.1 Å². The fraction of sp³-hybridized carbons (Fsp3) is 0.214. The molecule has 0 atom stereocenters. The van der Waals surface area contributed by atoms with E-state index in [1.807, 2.05) is 19.1 Å². The summed E-state index contributed by atoms with van der Waals surface area (Å²) in [4.78, 5) is 4.22. The number of phenolic OH excluding ortho intramolecular Hbond substituents is 1. The maximum Gasteiger partial charge on any atom is 0.138 e. The average molecular weight is 297 g/mol. The number of aromatic nitrogens is 1. The van der Waals surface area contributed by atoms with E-state index in [0.29, 0.717) is 23.7 Å². The Morgan fingerprint density at radius 2 is 1.95 bits per heavy atom. The molecule has 0 unspecified atom stereocenters. The van der Waals surface area contributed by atoms with E-state index in [0.717, 1.165) is 11.3 Å². The first-order chi connectivity index (χ1) is 9.08. The predicted octanol–water partition coefficient (Wildman–Crippen LogP) is 3.69. The van der Waals surface area contributed by atoms with Crippen LogP contribution in [0.3, 0.4) is 0 Å². The highest BCUT2D eigenvalue weighted by atomic mass is 35.5. The Morgan fingerprint density at radius 1 is 1.21 bits per heavy atom. The molecule has 0 radical (unpaired) electrons. The summed E-state index contributed by atoms with van der Waals surface area (Å²) in [6.45, 7) is 3.12. The van der Waals surface area contributed by atoms with Crippen molar-refractivity contribution in [3.8, 4) is 5.75 Å². The minimum Gasteiger partial charge on any atom is -0.506 e. The monoisotopic (exact) mass is 296 g/mol. The second-order valence-electron chi connectivity index (χ2n) is 4.25. The quantitative estimate of drug-likeness (QED) is 0.904. The standard InChI is InChI=1S/C14H14Cl2N2O/c1-9-10(3-2-4-18-9)7-17-8-11-5-12(15)6-13(16)14(11)19/h2-6,17,19H,7-8H2,1H3. The molecule has 1 aromatic heterocycles. The molecule has 0 aliphatic carbocycles. The third-order valence-corrected chi connectivity index (χ3v) is 3.36. The van der Waals surface area contributed by atoms with Gasteiger partial charge in [-0.1, -0.05) is 29.3 Å². The van der Waals surface area contributed by atoms with E-state index in [-0.39, 0.29) is 10.8 Å². The highest BCUT2D eigenvalue weighted by molar-refractivity contribution is 6.35. The summed E-state index contributed by atoms with van der Waals surface area (Å²) in [6, 6.07) is 7.14. The molecule has 0 aliphatic heterocycles. The molecule has 2 rings (SSSR count). The number of aryl methyl sites for hydroxylation is 1. The number of phenols is 1. The van der Waals surface area contributed by atoms with Crippen molar-refractivity contribution >= 4 is 23.2 Å². The van der Waals surface area contributed by atoms with Crippen LogP contribution >= 0.6 is 23.2 Å². The molecular formula is C14H14Cl2N2O. The van der Waals surface area contributed by atoms with Crippen molar-refractivity contribution in [1.29, 1.82) is 0 Å². The Balaban J connectivity index is 2.02. The zero-order valence-corrected chi connectivity index (χ0v) is 12.0. The zero-order chi connectivity index (χ0) is 13.8. The topological polar surface area (TPSA) is 45.2 Å². The number of hydrogen-bond donors (Lipinski definition) is 2. The number of rotatable bonds is 4. The molecule has 5 heteroatoms. The van der Waals surface area contributed by atoms with Crippen LogP contribution in [0.5, 0.6) is 5.75 Å². The summed E-state index contributed by atoms with van der Waals surface area (Å²) < 4.78 is 0. The summed E-state index contributed by atoms with van der Waals surface area (Å²) in [7, 11) is 0. The van der Waals surface area contributed by atoms with Crippen molar-refractivity contribution in [3.63, 3.8) is 0 Å². The van der Waals surface area contributed by atoms with E-state index >= 15 is 0 Å². The fourth-order valence-electron chi connectivity index (χ4n) is 1.79. The highest BCUT2D eigenvalue weighted by Crippen LogP contribution is 2.30. The zero-order valence-electron chi connectivity index (χ0n) is 10.5. The second kappa shape index (κ2) is 6.24. The minimum atomic E-state index is 0.0708. The first kappa shape index (κ1) is 14.1. The largest absolute Gasteiger partial charge is 0.506 e. The van der Waals surface area contributed by atoms with E-state index in [9.17, 15) is 5.11 Å². The number of pyridine rings is 1. The summed E-state index contributed by atoms with van der Waals surface area (Å²) >= 11 is 11.8. The minimum absolute atomic E-state index is 0.0708. The Hall–Kier alpha value is -1.29. The number of hydrogen-bond acceptors (Lipinski definition) is 3. The molecule has 19 heavy (non-hydrogen) atoms. The maximum atomic E-state index is 9.83. The maximum absolute atomic E-state index is 9.83. The van der Waals surface area contributed by atoms with Gasteiger partial charge in [0.15, 0.2) is 0 Å². The summed E-state index contributed by atoms with van der Waals surface area (Å²) in [5, 5.41) is 13.8. The van der Waals surface area contributed by atoms with Crippen molar-refractivity contribution in [1.82, 2.24) is 10.3 Å². The Kier molecular flexibility index (Phi) is 4.64. The predicted molar refractivity (Wildman–Crippen MR) is 77.6 cm³/mol. The van der Waals surface area contributed by atoms with Gasteiger partial charge in [0.2, 0.25) is 0 Å². The Morgan fingerprint density at radius 3 is 2.68 bits per heavy atom. The molecule has 0 spiro atoms. The molecule has 3 nitrogen and oxygen atoms in total. The van der Waals surface area contributed by atoms with E-state index in [1.54, 1.807) is 12.3 Å². The lowest BCUT2D eigenvalue weighted by molar-refractivity contribution is 0.464. The molecule has 0 bridgehead atoms. The van der Waals surface area contributed by atoms with Gasteiger partial charge in [0.05, 0.1) is 5.02 Å². The summed E-state index contributed by atoms with van der Waals surface area (Å²) in [5.74, 6) is 0.0708. The lowest BCUT2D eigenvalue weighted by Crippen LogP contribution is -2.14. The fourth-order valence-corrected chi connectivity index (χ4v) is 2.33.